The Balaban J connectivity index is 1.31. The van der Waals surface area contributed by atoms with Gasteiger partial charge in [0.25, 0.3) is 11.8 Å². The number of aromatic nitrogens is 2. The third kappa shape index (κ3) is 6.41. The van der Waals surface area contributed by atoms with Crippen molar-refractivity contribution in [1.82, 2.24) is 20.2 Å². The molecule has 1 saturated heterocycles. The van der Waals surface area contributed by atoms with Gasteiger partial charge in [0.05, 0.1) is 5.69 Å². The van der Waals surface area contributed by atoms with E-state index in [4.69, 9.17) is 15.3 Å². The molecule has 0 bridgehead atoms. The standard InChI is InChI=1S/C33H28N6O5S2/c1-43-38-25(24-19-46-33(34)36-24)29(40)37-26-30(41)39-27(22(18-45-31(26)39)15-16-23-14-8-9-17-35-23)32(42)44-28(20-10-4-2-5-11-20)21-12-6-3-7-13-21/h2-17,19,26,28,31H,18H2,1H3,(H2,34,36)(H,37,40)/b16-15+,38-25+/t26?,31-/m1/s1. The fourth-order valence-corrected chi connectivity index (χ4v) is 6.94. The fraction of sp³-hybridized carbons (Fsp3) is 0.152. The predicted octanol–water partition coefficient (Wildman–Crippen LogP) is 4.17. The first kappa shape index (κ1) is 30.7. The maximum absolute atomic E-state index is 14.1. The van der Waals surface area contributed by atoms with E-state index >= 15 is 0 Å². The molecule has 1 unspecified atom stereocenters. The third-order valence-corrected chi connectivity index (χ3v) is 9.19. The molecule has 3 N–H and O–H groups in total. The number of pyridine rings is 1. The Morgan fingerprint density at radius 2 is 1.74 bits per heavy atom. The molecule has 0 saturated carbocycles. The van der Waals surface area contributed by atoms with Gasteiger partial charge in [-0.1, -0.05) is 78.0 Å². The Kier molecular flexibility index (Phi) is 9.22. The van der Waals surface area contributed by atoms with Crippen LogP contribution in [0.1, 0.15) is 28.6 Å². The molecule has 4 heterocycles. The molecule has 232 valence electrons. The Morgan fingerprint density at radius 3 is 2.35 bits per heavy atom. The van der Waals surface area contributed by atoms with E-state index in [9.17, 15) is 14.4 Å². The molecular formula is C33H28N6O5S2. The topological polar surface area (TPSA) is 149 Å². The molecule has 2 aliphatic heterocycles. The number of hydrogen-bond donors (Lipinski definition) is 2. The molecule has 0 spiro atoms. The van der Waals surface area contributed by atoms with Crippen LogP contribution in [-0.4, -0.2) is 62.6 Å². The van der Waals surface area contributed by atoms with E-state index in [1.165, 1.54) is 23.8 Å². The highest BCUT2D eigenvalue weighted by atomic mass is 32.2. The SMILES string of the molecule is CO/N=C(/C(=O)NC1C(=O)N2C(C(=O)OC(c3ccccc3)c3ccccc3)=C(/C=C/c3ccccn3)CS[C@H]12)c1csc(N)n1. The summed E-state index contributed by atoms with van der Waals surface area (Å²) < 4.78 is 6.20. The van der Waals surface area contributed by atoms with Crippen LogP contribution in [-0.2, 0) is 24.0 Å². The lowest BCUT2D eigenvalue weighted by atomic mass is 10.00. The van der Waals surface area contributed by atoms with Gasteiger partial charge in [-0.05, 0) is 34.9 Å². The first-order valence-electron chi connectivity index (χ1n) is 14.2. The Bertz CT molecular complexity index is 1790. The summed E-state index contributed by atoms with van der Waals surface area (Å²) in [5, 5.41) is 7.81. The first-order chi connectivity index (χ1) is 22.4. The molecule has 0 aliphatic carbocycles. The van der Waals surface area contributed by atoms with Crippen molar-refractivity contribution in [2.24, 2.45) is 5.16 Å². The lowest BCUT2D eigenvalue weighted by molar-refractivity contribution is -0.154. The van der Waals surface area contributed by atoms with Crippen molar-refractivity contribution >= 4 is 57.8 Å². The Morgan fingerprint density at radius 1 is 1.04 bits per heavy atom. The highest BCUT2D eigenvalue weighted by molar-refractivity contribution is 8.00. The number of thioether (sulfide) groups is 1. The largest absolute Gasteiger partial charge is 0.448 e. The number of ether oxygens (including phenoxy) is 1. The van der Waals surface area contributed by atoms with Crippen LogP contribution in [0.5, 0.6) is 0 Å². The molecule has 1 fully saturated rings. The molecule has 2 amide bonds. The minimum absolute atomic E-state index is 0.112. The minimum atomic E-state index is -0.932. The summed E-state index contributed by atoms with van der Waals surface area (Å²) in [4.78, 5) is 55.8. The van der Waals surface area contributed by atoms with Crippen molar-refractivity contribution in [2.45, 2.75) is 17.5 Å². The molecule has 13 heteroatoms. The number of fused-ring (bicyclic) bond motifs is 1. The van der Waals surface area contributed by atoms with Gasteiger partial charge in [0, 0.05) is 17.3 Å². The highest BCUT2D eigenvalue weighted by Gasteiger charge is 2.54. The smallest absolute Gasteiger partial charge is 0.356 e. The van der Waals surface area contributed by atoms with E-state index in [2.05, 4.69) is 20.4 Å². The van der Waals surface area contributed by atoms with Gasteiger partial charge >= 0.3 is 5.97 Å². The Labute approximate surface area is 272 Å². The number of rotatable bonds is 10. The van der Waals surface area contributed by atoms with Crippen LogP contribution < -0.4 is 11.1 Å². The van der Waals surface area contributed by atoms with Crippen molar-refractivity contribution in [3.63, 3.8) is 0 Å². The molecule has 0 radical (unpaired) electrons. The zero-order valence-electron chi connectivity index (χ0n) is 24.5. The monoisotopic (exact) mass is 652 g/mol. The highest BCUT2D eigenvalue weighted by Crippen LogP contribution is 2.42. The van der Waals surface area contributed by atoms with Crippen LogP contribution in [0.3, 0.4) is 0 Å². The van der Waals surface area contributed by atoms with Crippen molar-refractivity contribution in [1.29, 1.82) is 0 Å². The minimum Gasteiger partial charge on any atom is -0.448 e. The van der Waals surface area contributed by atoms with E-state index in [0.29, 0.717) is 17.0 Å². The van der Waals surface area contributed by atoms with Crippen molar-refractivity contribution in [3.05, 3.63) is 130 Å². The van der Waals surface area contributed by atoms with E-state index < -0.39 is 35.3 Å². The fourth-order valence-electron chi connectivity index (χ4n) is 5.07. The maximum atomic E-state index is 14.1. The van der Waals surface area contributed by atoms with Gasteiger partial charge in [-0.15, -0.1) is 23.1 Å². The number of nitrogens with zero attached hydrogens (tertiary/aromatic N) is 4. The molecule has 6 rings (SSSR count). The molecular weight excluding hydrogens is 625 g/mol. The van der Waals surface area contributed by atoms with Gasteiger partial charge in [0.2, 0.25) is 0 Å². The molecule has 46 heavy (non-hydrogen) atoms. The zero-order chi connectivity index (χ0) is 32.0. The summed E-state index contributed by atoms with van der Waals surface area (Å²) in [6, 6.07) is 23.4. The molecule has 2 aromatic heterocycles. The number of benzene rings is 2. The number of allylic oxidation sites excluding steroid dienone is 1. The molecule has 2 atom stereocenters. The van der Waals surface area contributed by atoms with Crippen LogP contribution in [0.15, 0.2) is 113 Å². The van der Waals surface area contributed by atoms with Gasteiger partial charge in [-0.3, -0.25) is 19.5 Å². The van der Waals surface area contributed by atoms with Crippen LogP contribution >= 0.6 is 23.1 Å². The Hall–Kier alpha value is -5.27. The average Bonchev–Trinajstić information content (AvgIpc) is 3.53. The predicted molar refractivity (Wildman–Crippen MR) is 176 cm³/mol. The summed E-state index contributed by atoms with van der Waals surface area (Å²) in [6.07, 6.45) is 4.51. The normalized spacial score (nSPS) is 17.9. The van der Waals surface area contributed by atoms with Gasteiger partial charge < -0.3 is 20.6 Å². The zero-order valence-corrected chi connectivity index (χ0v) is 26.1. The van der Waals surface area contributed by atoms with E-state index in [1.807, 2.05) is 78.9 Å². The van der Waals surface area contributed by atoms with Crippen molar-refractivity contribution < 1.29 is 24.0 Å². The number of amides is 2. The number of hydrogen-bond acceptors (Lipinski definition) is 11. The number of carbonyl (C=O) groups is 3. The summed E-state index contributed by atoms with van der Waals surface area (Å²) >= 11 is 2.56. The molecule has 4 aromatic rings. The second-order valence-corrected chi connectivity index (χ2v) is 12.1. The summed E-state index contributed by atoms with van der Waals surface area (Å²) in [6.45, 7) is 0. The molecule has 11 nitrogen and oxygen atoms in total. The van der Waals surface area contributed by atoms with Crippen LogP contribution in [0, 0.1) is 0 Å². The van der Waals surface area contributed by atoms with Crippen LogP contribution in [0.4, 0.5) is 5.13 Å². The van der Waals surface area contributed by atoms with E-state index in [-0.39, 0.29) is 22.2 Å². The van der Waals surface area contributed by atoms with Gasteiger partial charge in [-0.25, -0.2) is 9.78 Å². The number of carbonyl (C=O) groups excluding carboxylic acids is 3. The van der Waals surface area contributed by atoms with Gasteiger partial charge in [0.15, 0.2) is 16.9 Å². The summed E-state index contributed by atoms with van der Waals surface area (Å²) in [7, 11) is 1.30. The number of anilines is 1. The van der Waals surface area contributed by atoms with Crippen molar-refractivity contribution in [2.75, 3.05) is 18.6 Å². The molecule has 2 aromatic carbocycles. The average molecular weight is 653 g/mol. The van der Waals surface area contributed by atoms with Crippen LogP contribution in [0.2, 0.25) is 0 Å². The number of nitrogen functional groups attached to an aromatic ring is 1. The van der Waals surface area contributed by atoms with E-state index in [1.54, 1.807) is 23.7 Å². The lowest BCUT2D eigenvalue weighted by Gasteiger charge is -2.49. The summed E-state index contributed by atoms with van der Waals surface area (Å²) in [5.74, 6) is -1.42. The first-order valence-corrected chi connectivity index (χ1v) is 16.1. The second kappa shape index (κ2) is 13.8. The quantitative estimate of drug-likeness (QED) is 0.111. The summed E-state index contributed by atoms with van der Waals surface area (Å²) in [5.41, 5.74) is 8.80. The lowest BCUT2D eigenvalue weighted by Crippen LogP contribution is -2.71. The number of oxime groups is 1. The number of thiazole rings is 1. The van der Waals surface area contributed by atoms with E-state index in [0.717, 1.165) is 22.5 Å². The second-order valence-electron chi connectivity index (χ2n) is 10.1. The number of nitrogens with two attached hydrogens (primary N) is 1. The number of esters is 1. The van der Waals surface area contributed by atoms with Gasteiger partial charge in [-0.2, -0.15) is 0 Å². The van der Waals surface area contributed by atoms with Crippen molar-refractivity contribution in [3.8, 4) is 0 Å². The third-order valence-electron chi connectivity index (χ3n) is 7.21. The maximum Gasteiger partial charge on any atom is 0.356 e. The molecule has 2 aliphatic rings. The number of nitrogens with one attached hydrogen (secondary N) is 1. The number of β-lactam (4-membered cyclic amide) rings is 1. The van der Waals surface area contributed by atoms with Crippen LogP contribution in [0.25, 0.3) is 6.08 Å². The van der Waals surface area contributed by atoms with Gasteiger partial charge in [0.1, 0.15) is 29.9 Å².